The number of pyridine rings is 1. The van der Waals surface area contributed by atoms with Crippen LogP contribution in [0.1, 0.15) is 23.3 Å². The molecule has 1 fully saturated rings. The lowest BCUT2D eigenvalue weighted by Crippen LogP contribution is -2.50. The summed E-state index contributed by atoms with van der Waals surface area (Å²) in [6.45, 7) is 0.609. The monoisotopic (exact) mass is 316 g/mol. The number of carboxylic acids is 1. The number of amides is 1. The largest absolute Gasteiger partial charge is 0.481 e. The number of hydrogen-bond acceptors (Lipinski definition) is 5. The van der Waals surface area contributed by atoms with Crippen molar-refractivity contribution in [3.8, 4) is 5.82 Å². The van der Waals surface area contributed by atoms with E-state index in [-0.39, 0.29) is 18.7 Å². The Hall–Kier alpha value is -2.74. The van der Waals surface area contributed by atoms with E-state index in [9.17, 15) is 9.59 Å². The van der Waals surface area contributed by atoms with Gasteiger partial charge in [0.25, 0.3) is 5.91 Å². The van der Waals surface area contributed by atoms with Gasteiger partial charge in [-0.15, -0.1) is 0 Å². The van der Waals surface area contributed by atoms with Crippen LogP contribution in [0.5, 0.6) is 0 Å². The summed E-state index contributed by atoms with van der Waals surface area (Å²) in [5, 5.41) is 15.9. The number of hydrogen-bond donors (Lipinski definition) is 2. The summed E-state index contributed by atoms with van der Waals surface area (Å²) in [5.41, 5.74) is -0.679. The minimum atomic E-state index is -0.978. The van der Waals surface area contributed by atoms with Crippen molar-refractivity contribution in [1.29, 1.82) is 0 Å². The van der Waals surface area contributed by atoms with Crippen LogP contribution in [-0.4, -0.2) is 50.5 Å². The van der Waals surface area contributed by atoms with Crippen LogP contribution in [0.25, 0.3) is 5.82 Å². The van der Waals surface area contributed by atoms with Gasteiger partial charge in [0, 0.05) is 19.0 Å². The number of ether oxygens (including phenoxy) is 1. The standard InChI is InChI=1S/C15H16N4O4/c20-13(21)9-15(5-8-23-10-15)18-14(22)11-3-1-4-12(17-11)19-7-2-6-16-19/h1-4,6-7H,5,8-10H2,(H,18,22)(H,20,21). The molecule has 0 bridgehead atoms. The Bertz CT molecular complexity index is 708. The molecule has 23 heavy (non-hydrogen) atoms. The van der Waals surface area contributed by atoms with E-state index >= 15 is 0 Å². The predicted octanol–water partition coefficient (Wildman–Crippen LogP) is 0.631. The molecule has 1 unspecified atom stereocenters. The molecule has 8 nitrogen and oxygen atoms in total. The van der Waals surface area contributed by atoms with E-state index in [0.29, 0.717) is 18.8 Å². The van der Waals surface area contributed by atoms with Gasteiger partial charge < -0.3 is 15.2 Å². The fourth-order valence-electron chi connectivity index (χ4n) is 2.57. The van der Waals surface area contributed by atoms with Crippen LogP contribution in [0.4, 0.5) is 0 Å². The predicted molar refractivity (Wildman–Crippen MR) is 79.2 cm³/mol. The second-order valence-electron chi connectivity index (χ2n) is 5.44. The molecule has 2 aromatic rings. The number of nitrogens with one attached hydrogen (secondary N) is 1. The van der Waals surface area contributed by atoms with Crippen LogP contribution in [0.2, 0.25) is 0 Å². The van der Waals surface area contributed by atoms with Crippen molar-refractivity contribution in [2.24, 2.45) is 0 Å². The van der Waals surface area contributed by atoms with Crippen molar-refractivity contribution in [2.45, 2.75) is 18.4 Å². The molecule has 0 radical (unpaired) electrons. The Morgan fingerprint density at radius 3 is 2.91 bits per heavy atom. The van der Waals surface area contributed by atoms with Gasteiger partial charge in [-0.3, -0.25) is 9.59 Å². The fourth-order valence-corrected chi connectivity index (χ4v) is 2.57. The second-order valence-corrected chi connectivity index (χ2v) is 5.44. The van der Waals surface area contributed by atoms with Crippen LogP contribution >= 0.6 is 0 Å². The number of aliphatic carboxylic acids is 1. The van der Waals surface area contributed by atoms with E-state index in [0.717, 1.165) is 0 Å². The molecule has 0 aromatic carbocycles. The molecular formula is C15H16N4O4. The summed E-state index contributed by atoms with van der Waals surface area (Å²) in [7, 11) is 0. The lowest BCUT2D eigenvalue weighted by atomic mass is 9.94. The van der Waals surface area contributed by atoms with Gasteiger partial charge in [-0.05, 0) is 24.6 Å². The molecule has 8 heteroatoms. The van der Waals surface area contributed by atoms with Gasteiger partial charge in [0.1, 0.15) is 5.69 Å². The highest BCUT2D eigenvalue weighted by molar-refractivity contribution is 5.93. The van der Waals surface area contributed by atoms with E-state index in [1.165, 1.54) is 0 Å². The second kappa shape index (κ2) is 6.17. The van der Waals surface area contributed by atoms with E-state index in [4.69, 9.17) is 9.84 Å². The quantitative estimate of drug-likeness (QED) is 0.838. The van der Waals surface area contributed by atoms with Gasteiger partial charge in [0.05, 0.1) is 18.6 Å². The topological polar surface area (TPSA) is 106 Å². The van der Waals surface area contributed by atoms with E-state index in [2.05, 4.69) is 15.4 Å². The normalized spacial score (nSPS) is 20.3. The Morgan fingerprint density at radius 1 is 1.39 bits per heavy atom. The maximum absolute atomic E-state index is 12.5. The molecule has 1 aliphatic rings. The summed E-state index contributed by atoms with van der Waals surface area (Å²) in [4.78, 5) is 27.8. The first-order valence-corrected chi connectivity index (χ1v) is 7.17. The van der Waals surface area contributed by atoms with Gasteiger partial charge in [0.2, 0.25) is 0 Å². The van der Waals surface area contributed by atoms with Crippen LogP contribution in [0.3, 0.4) is 0 Å². The number of carbonyl (C=O) groups is 2. The summed E-state index contributed by atoms with van der Waals surface area (Å²) >= 11 is 0. The molecule has 3 rings (SSSR count). The summed E-state index contributed by atoms with van der Waals surface area (Å²) in [6.07, 6.45) is 3.62. The van der Waals surface area contributed by atoms with Crippen LogP contribution in [-0.2, 0) is 9.53 Å². The third kappa shape index (κ3) is 3.37. The van der Waals surface area contributed by atoms with Gasteiger partial charge in [-0.1, -0.05) is 6.07 Å². The fraction of sp³-hybridized carbons (Fsp3) is 0.333. The molecule has 120 valence electrons. The van der Waals surface area contributed by atoms with Crippen molar-refractivity contribution in [1.82, 2.24) is 20.1 Å². The first-order chi connectivity index (χ1) is 11.1. The minimum Gasteiger partial charge on any atom is -0.481 e. The van der Waals surface area contributed by atoms with Crippen LogP contribution in [0, 0.1) is 0 Å². The zero-order valence-corrected chi connectivity index (χ0v) is 12.3. The van der Waals surface area contributed by atoms with Crippen molar-refractivity contribution >= 4 is 11.9 Å². The van der Waals surface area contributed by atoms with Gasteiger partial charge in [-0.2, -0.15) is 5.10 Å². The molecule has 1 saturated heterocycles. The Morgan fingerprint density at radius 2 is 2.26 bits per heavy atom. The van der Waals surface area contributed by atoms with Crippen LogP contribution < -0.4 is 5.32 Å². The van der Waals surface area contributed by atoms with Crippen molar-refractivity contribution in [3.63, 3.8) is 0 Å². The number of nitrogens with zero attached hydrogens (tertiary/aromatic N) is 3. The molecule has 1 aliphatic heterocycles. The zero-order chi connectivity index (χ0) is 16.3. The van der Waals surface area contributed by atoms with Crippen LogP contribution in [0.15, 0.2) is 36.7 Å². The highest BCUT2D eigenvalue weighted by atomic mass is 16.5. The number of carboxylic acid groups (broad SMARTS) is 1. The molecule has 1 amide bonds. The van der Waals surface area contributed by atoms with E-state index in [1.54, 1.807) is 41.3 Å². The molecule has 1 atom stereocenters. The highest BCUT2D eigenvalue weighted by Gasteiger charge is 2.39. The average molecular weight is 316 g/mol. The average Bonchev–Trinajstić information content (AvgIpc) is 3.19. The SMILES string of the molecule is O=C(O)CC1(NC(=O)c2cccc(-n3cccn3)n2)CCOC1. The smallest absolute Gasteiger partial charge is 0.305 e. The summed E-state index contributed by atoms with van der Waals surface area (Å²) < 4.78 is 6.81. The van der Waals surface area contributed by atoms with Crippen molar-refractivity contribution in [3.05, 3.63) is 42.4 Å². The first-order valence-electron chi connectivity index (χ1n) is 7.17. The number of aromatic nitrogens is 3. The first kappa shape index (κ1) is 15.2. The maximum Gasteiger partial charge on any atom is 0.305 e. The maximum atomic E-state index is 12.5. The van der Waals surface area contributed by atoms with E-state index < -0.39 is 17.4 Å². The third-order valence-corrected chi connectivity index (χ3v) is 3.68. The number of rotatable bonds is 5. The van der Waals surface area contributed by atoms with Crippen molar-refractivity contribution in [2.75, 3.05) is 13.2 Å². The zero-order valence-electron chi connectivity index (χ0n) is 12.3. The summed E-state index contributed by atoms with van der Waals surface area (Å²) in [5.74, 6) is -0.891. The third-order valence-electron chi connectivity index (χ3n) is 3.68. The highest BCUT2D eigenvalue weighted by Crippen LogP contribution is 2.23. The Balaban J connectivity index is 1.80. The van der Waals surface area contributed by atoms with E-state index in [1.807, 2.05) is 0 Å². The number of carbonyl (C=O) groups excluding carboxylic acids is 1. The molecule has 0 spiro atoms. The van der Waals surface area contributed by atoms with Crippen molar-refractivity contribution < 1.29 is 19.4 Å². The molecule has 2 aromatic heterocycles. The molecule has 0 aliphatic carbocycles. The Kier molecular flexibility index (Phi) is 4.07. The molecule has 2 N–H and O–H groups in total. The molecule has 3 heterocycles. The molecular weight excluding hydrogens is 300 g/mol. The summed E-state index contributed by atoms with van der Waals surface area (Å²) in [6, 6.07) is 6.77. The van der Waals surface area contributed by atoms with Gasteiger partial charge >= 0.3 is 5.97 Å². The van der Waals surface area contributed by atoms with Gasteiger partial charge in [0.15, 0.2) is 5.82 Å². The molecule has 0 saturated carbocycles. The van der Waals surface area contributed by atoms with Gasteiger partial charge in [-0.25, -0.2) is 9.67 Å². The minimum absolute atomic E-state index is 0.183. The lowest BCUT2D eigenvalue weighted by molar-refractivity contribution is -0.138. The lowest BCUT2D eigenvalue weighted by Gasteiger charge is -2.26. The Labute approximate surface area is 132 Å².